The molecular formula is C46H26N4OS. The standard InChI is InChI=1S/C46H26N4OS/c1-6-16-34-28(11-1)29-12-2-7-17-35(29)49(34)38-22-23-40-44(32-15-5-10-20-39(32)51-40)43(38)27-21-24-41-33(25-27)45-42(52-41)26-47-46(48-45)50-36-18-8-3-13-30(36)31-14-4-9-19-37(31)50/h1-26H. The van der Waals surface area contributed by atoms with Crippen LogP contribution in [0, 0.1) is 0 Å². The third-order valence-electron chi connectivity index (χ3n) is 10.6. The lowest BCUT2D eigenvalue weighted by molar-refractivity contribution is 0.669. The molecule has 0 radical (unpaired) electrons. The van der Waals surface area contributed by atoms with Crippen LogP contribution in [0.5, 0.6) is 0 Å². The highest BCUT2D eigenvalue weighted by Crippen LogP contribution is 2.45. The van der Waals surface area contributed by atoms with Gasteiger partial charge >= 0.3 is 0 Å². The number of thiophene rings is 1. The van der Waals surface area contributed by atoms with Gasteiger partial charge in [-0.3, -0.25) is 4.57 Å². The highest BCUT2D eigenvalue weighted by molar-refractivity contribution is 7.25. The van der Waals surface area contributed by atoms with Gasteiger partial charge < -0.3 is 8.98 Å². The number of hydrogen-bond acceptors (Lipinski definition) is 4. The lowest BCUT2D eigenvalue weighted by Crippen LogP contribution is -2.00. The second-order valence-electron chi connectivity index (χ2n) is 13.4. The minimum absolute atomic E-state index is 0.670. The quantitative estimate of drug-likeness (QED) is 0.186. The molecule has 5 aromatic heterocycles. The van der Waals surface area contributed by atoms with Crippen LogP contribution in [0.2, 0.25) is 0 Å². The van der Waals surface area contributed by atoms with Gasteiger partial charge in [0.2, 0.25) is 5.95 Å². The van der Waals surface area contributed by atoms with E-state index in [1.54, 1.807) is 11.3 Å². The van der Waals surface area contributed by atoms with Crippen molar-refractivity contribution >= 4 is 97.2 Å². The summed E-state index contributed by atoms with van der Waals surface area (Å²) in [5.41, 5.74) is 10.6. The Bertz CT molecular complexity index is 3330. The first-order valence-corrected chi connectivity index (χ1v) is 18.2. The molecule has 0 N–H and O–H groups in total. The van der Waals surface area contributed by atoms with Crippen molar-refractivity contribution in [2.75, 3.05) is 0 Å². The highest BCUT2D eigenvalue weighted by Gasteiger charge is 2.22. The SMILES string of the molecule is c1ccc2c(c1)oc1ccc(-n3c4ccccc4c4ccccc43)c(-c3ccc4sc5cnc(-n6c7ccccc7c7ccccc76)nc5c4c3)c12. The van der Waals surface area contributed by atoms with E-state index in [-0.39, 0.29) is 0 Å². The third-order valence-corrected chi connectivity index (χ3v) is 11.7. The Morgan fingerprint density at radius 1 is 0.481 bits per heavy atom. The van der Waals surface area contributed by atoms with Gasteiger partial charge in [-0.05, 0) is 60.2 Å². The van der Waals surface area contributed by atoms with E-state index in [4.69, 9.17) is 14.4 Å². The average molecular weight is 683 g/mol. The van der Waals surface area contributed by atoms with E-state index >= 15 is 0 Å². The number of benzene rings is 7. The van der Waals surface area contributed by atoms with Gasteiger partial charge in [0.05, 0.1) is 44.2 Å². The molecule has 0 unspecified atom stereocenters. The topological polar surface area (TPSA) is 48.8 Å². The molecule has 0 amide bonds. The summed E-state index contributed by atoms with van der Waals surface area (Å²) in [6, 6.07) is 53.9. The van der Waals surface area contributed by atoms with Crippen molar-refractivity contribution in [1.82, 2.24) is 19.1 Å². The van der Waals surface area contributed by atoms with Crippen LogP contribution in [-0.2, 0) is 0 Å². The fourth-order valence-electron chi connectivity index (χ4n) is 8.42. The molecule has 0 fully saturated rings. The number of hydrogen-bond donors (Lipinski definition) is 0. The molecule has 0 aliphatic carbocycles. The predicted octanol–water partition coefficient (Wildman–Crippen LogP) is 12.6. The van der Waals surface area contributed by atoms with Crippen molar-refractivity contribution in [3.8, 4) is 22.8 Å². The monoisotopic (exact) mass is 682 g/mol. The number of aromatic nitrogens is 4. The van der Waals surface area contributed by atoms with Gasteiger partial charge in [-0.15, -0.1) is 11.3 Å². The largest absolute Gasteiger partial charge is 0.456 e. The number of rotatable bonds is 3. The van der Waals surface area contributed by atoms with Crippen LogP contribution < -0.4 is 0 Å². The predicted molar refractivity (Wildman–Crippen MR) is 216 cm³/mol. The lowest BCUT2D eigenvalue weighted by Gasteiger charge is -2.16. The Balaban J connectivity index is 1.17. The van der Waals surface area contributed by atoms with E-state index in [0.717, 1.165) is 65.4 Å². The summed E-state index contributed by atoms with van der Waals surface area (Å²) in [7, 11) is 0. The van der Waals surface area contributed by atoms with Gasteiger partial charge in [0.15, 0.2) is 0 Å². The van der Waals surface area contributed by atoms with Crippen molar-refractivity contribution in [3.05, 3.63) is 158 Å². The summed E-state index contributed by atoms with van der Waals surface area (Å²) in [6.45, 7) is 0. The minimum atomic E-state index is 0.670. The van der Waals surface area contributed by atoms with Gasteiger partial charge in [-0.2, -0.15) is 0 Å². The van der Waals surface area contributed by atoms with Gasteiger partial charge in [-0.1, -0.05) is 97.1 Å². The maximum atomic E-state index is 6.50. The van der Waals surface area contributed by atoms with E-state index in [2.05, 4.69) is 155 Å². The molecule has 7 aromatic carbocycles. The first-order chi connectivity index (χ1) is 25.8. The van der Waals surface area contributed by atoms with Crippen molar-refractivity contribution < 1.29 is 4.42 Å². The summed E-state index contributed by atoms with van der Waals surface area (Å²) in [5, 5.41) is 8.16. The summed E-state index contributed by atoms with van der Waals surface area (Å²) in [5.74, 6) is 0.670. The fraction of sp³-hybridized carbons (Fsp3) is 0. The zero-order valence-corrected chi connectivity index (χ0v) is 28.4. The van der Waals surface area contributed by atoms with Crippen LogP contribution in [0.3, 0.4) is 0 Å². The molecule has 0 aliphatic rings. The normalized spacial score (nSPS) is 12.2. The maximum absolute atomic E-state index is 6.50. The molecule has 0 atom stereocenters. The Hall–Kier alpha value is -6.76. The molecule has 5 nitrogen and oxygen atoms in total. The van der Waals surface area contributed by atoms with Crippen molar-refractivity contribution in [2.45, 2.75) is 0 Å². The van der Waals surface area contributed by atoms with Gasteiger partial charge in [0, 0.05) is 48.0 Å². The highest BCUT2D eigenvalue weighted by atomic mass is 32.1. The number of nitrogens with zero attached hydrogens (tertiary/aromatic N) is 4. The first-order valence-electron chi connectivity index (χ1n) is 17.4. The summed E-state index contributed by atoms with van der Waals surface area (Å²) in [6.07, 6.45) is 1.99. The minimum Gasteiger partial charge on any atom is -0.456 e. The van der Waals surface area contributed by atoms with Crippen molar-refractivity contribution in [1.29, 1.82) is 0 Å². The molecule has 52 heavy (non-hydrogen) atoms. The molecule has 0 saturated heterocycles. The molecule has 6 heteroatoms. The Labute approximate surface area is 300 Å². The Morgan fingerprint density at radius 3 is 1.71 bits per heavy atom. The molecule has 0 spiro atoms. The summed E-state index contributed by atoms with van der Waals surface area (Å²) < 4.78 is 13.3. The van der Waals surface area contributed by atoms with Gasteiger partial charge in [0.1, 0.15) is 11.2 Å². The number of fused-ring (bicyclic) bond motifs is 12. The second-order valence-corrected chi connectivity index (χ2v) is 14.5. The van der Waals surface area contributed by atoms with Crippen molar-refractivity contribution in [2.24, 2.45) is 0 Å². The lowest BCUT2D eigenvalue weighted by atomic mass is 9.96. The van der Waals surface area contributed by atoms with Crippen LogP contribution in [0.4, 0.5) is 0 Å². The molecule has 242 valence electrons. The number of furan rings is 1. The van der Waals surface area contributed by atoms with E-state index in [0.29, 0.717) is 5.95 Å². The van der Waals surface area contributed by atoms with Crippen LogP contribution in [-0.4, -0.2) is 19.1 Å². The molecular weight excluding hydrogens is 657 g/mol. The molecule has 12 rings (SSSR count). The van der Waals surface area contributed by atoms with Crippen LogP contribution in [0.15, 0.2) is 162 Å². The van der Waals surface area contributed by atoms with E-state index in [9.17, 15) is 0 Å². The Kier molecular flexibility index (Phi) is 5.59. The van der Waals surface area contributed by atoms with Crippen molar-refractivity contribution in [3.63, 3.8) is 0 Å². The molecule has 12 aromatic rings. The van der Waals surface area contributed by atoms with Gasteiger partial charge in [0.25, 0.3) is 0 Å². The Morgan fingerprint density at radius 2 is 1.06 bits per heavy atom. The second kappa shape index (κ2) is 10.4. The average Bonchev–Trinajstić information content (AvgIpc) is 3.95. The fourth-order valence-corrected chi connectivity index (χ4v) is 9.42. The van der Waals surface area contributed by atoms with Crippen LogP contribution in [0.1, 0.15) is 0 Å². The molecule has 0 saturated carbocycles. The smallest absolute Gasteiger partial charge is 0.235 e. The molecule has 5 heterocycles. The molecule has 0 aliphatic heterocycles. The summed E-state index contributed by atoms with van der Waals surface area (Å²) >= 11 is 1.73. The summed E-state index contributed by atoms with van der Waals surface area (Å²) in [4.78, 5) is 10.3. The number of para-hydroxylation sites is 5. The molecule has 0 bridgehead atoms. The first kappa shape index (κ1) is 28.0. The van der Waals surface area contributed by atoms with E-state index in [1.807, 2.05) is 12.3 Å². The zero-order chi connectivity index (χ0) is 33.9. The van der Waals surface area contributed by atoms with Gasteiger partial charge in [-0.25, -0.2) is 9.97 Å². The third kappa shape index (κ3) is 3.76. The maximum Gasteiger partial charge on any atom is 0.235 e. The van der Waals surface area contributed by atoms with Crippen LogP contribution >= 0.6 is 11.3 Å². The van der Waals surface area contributed by atoms with Crippen LogP contribution in [0.25, 0.3) is 109 Å². The van der Waals surface area contributed by atoms with E-state index < -0.39 is 0 Å². The van der Waals surface area contributed by atoms with E-state index in [1.165, 1.54) is 37.3 Å². The zero-order valence-electron chi connectivity index (χ0n) is 27.6.